The molecule has 0 bridgehead atoms. The van der Waals surface area contributed by atoms with E-state index in [9.17, 15) is 0 Å². The molecule has 0 aliphatic heterocycles. The van der Waals surface area contributed by atoms with Gasteiger partial charge in [-0.05, 0) is 12.5 Å². The SMILES string of the molecule is CC(=[N])c1ccccc1. The Morgan fingerprint density at radius 1 is 1.22 bits per heavy atom. The first-order valence-corrected chi connectivity index (χ1v) is 2.88. The van der Waals surface area contributed by atoms with Crippen molar-refractivity contribution in [1.29, 1.82) is 0 Å². The van der Waals surface area contributed by atoms with E-state index in [4.69, 9.17) is 5.41 Å². The van der Waals surface area contributed by atoms with Crippen molar-refractivity contribution in [2.75, 3.05) is 0 Å². The van der Waals surface area contributed by atoms with Crippen LogP contribution in [-0.4, -0.2) is 5.71 Å². The lowest BCUT2D eigenvalue weighted by Gasteiger charge is -1.91. The topological polar surface area (TPSA) is 22.3 Å². The van der Waals surface area contributed by atoms with Gasteiger partial charge in [0.15, 0.2) is 0 Å². The van der Waals surface area contributed by atoms with Gasteiger partial charge in [-0.2, -0.15) is 5.41 Å². The predicted octanol–water partition coefficient (Wildman–Crippen LogP) is 1.30. The number of benzene rings is 1. The molecule has 0 aliphatic carbocycles. The van der Waals surface area contributed by atoms with E-state index in [1.807, 2.05) is 30.3 Å². The molecule has 0 spiro atoms. The summed E-state index contributed by atoms with van der Waals surface area (Å²) in [5.41, 5.74) is 1.26. The molecule has 1 aromatic carbocycles. The van der Waals surface area contributed by atoms with Crippen LogP contribution in [0, 0.1) is 0 Å². The molecule has 0 aliphatic rings. The van der Waals surface area contributed by atoms with Crippen molar-refractivity contribution in [3.8, 4) is 0 Å². The smallest absolute Gasteiger partial charge is 0.0671 e. The summed E-state index contributed by atoms with van der Waals surface area (Å²) in [6.45, 7) is 1.68. The zero-order valence-electron chi connectivity index (χ0n) is 5.33. The molecule has 0 N–H and O–H groups in total. The fourth-order valence-corrected chi connectivity index (χ4v) is 0.679. The van der Waals surface area contributed by atoms with Gasteiger partial charge in [-0.3, -0.25) is 0 Å². The molecule has 1 radical (unpaired) electrons. The second kappa shape index (κ2) is 2.44. The first-order chi connectivity index (χ1) is 4.30. The fraction of sp³-hybridized carbons (Fsp3) is 0.125. The highest BCUT2D eigenvalue weighted by molar-refractivity contribution is 5.96. The van der Waals surface area contributed by atoms with Crippen LogP contribution in [0.4, 0.5) is 0 Å². The van der Waals surface area contributed by atoms with E-state index >= 15 is 0 Å². The minimum Gasteiger partial charge on any atom is -0.155 e. The number of hydrogen-bond donors (Lipinski definition) is 0. The van der Waals surface area contributed by atoms with Gasteiger partial charge in [0.2, 0.25) is 0 Å². The summed E-state index contributed by atoms with van der Waals surface area (Å²) in [6, 6.07) is 9.46. The third kappa shape index (κ3) is 1.39. The van der Waals surface area contributed by atoms with Gasteiger partial charge in [0, 0.05) is 0 Å². The normalized spacial score (nSPS) is 9.00. The van der Waals surface area contributed by atoms with Crippen LogP contribution in [0.3, 0.4) is 0 Å². The summed E-state index contributed by atoms with van der Waals surface area (Å²) in [6.07, 6.45) is 0. The summed E-state index contributed by atoms with van der Waals surface area (Å²) < 4.78 is 0. The Hall–Kier alpha value is -1.11. The van der Waals surface area contributed by atoms with Gasteiger partial charge in [-0.1, -0.05) is 30.3 Å². The van der Waals surface area contributed by atoms with Gasteiger partial charge in [0.1, 0.15) is 0 Å². The van der Waals surface area contributed by atoms with Crippen LogP contribution in [0.5, 0.6) is 0 Å². The molecule has 0 aromatic heterocycles. The molecule has 1 rings (SSSR count). The Morgan fingerprint density at radius 2 is 1.78 bits per heavy atom. The second-order valence-electron chi connectivity index (χ2n) is 1.95. The average Bonchev–Trinajstić information content (AvgIpc) is 1.90. The van der Waals surface area contributed by atoms with Crippen molar-refractivity contribution < 1.29 is 0 Å². The van der Waals surface area contributed by atoms with Crippen LogP contribution < -0.4 is 5.41 Å². The van der Waals surface area contributed by atoms with Crippen LogP contribution in [0.1, 0.15) is 12.5 Å². The van der Waals surface area contributed by atoms with Crippen molar-refractivity contribution in [3.05, 3.63) is 35.9 Å². The third-order valence-corrected chi connectivity index (χ3v) is 1.19. The van der Waals surface area contributed by atoms with Crippen molar-refractivity contribution >= 4 is 5.71 Å². The van der Waals surface area contributed by atoms with Crippen LogP contribution in [0.25, 0.3) is 0 Å². The van der Waals surface area contributed by atoms with Crippen LogP contribution in [-0.2, 0) is 0 Å². The summed E-state index contributed by atoms with van der Waals surface area (Å²) in [4.78, 5) is 0. The predicted molar refractivity (Wildman–Crippen MR) is 38.4 cm³/mol. The number of hydrogen-bond acceptors (Lipinski definition) is 0. The lowest BCUT2D eigenvalue weighted by molar-refractivity contribution is 1.59. The Bertz CT molecular complexity index is 201. The van der Waals surface area contributed by atoms with E-state index in [0.717, 1.165) is 5.56 Å². The van der Waals surface area contributed by atoms with Crippen LogP contribution in [0.15, 0.2) is 30.3 Å². The molecule has 0 fully saturated rings. The Morgan fingerprint density at radius 3 is 2.11 bits per heavy atom. The first kappa shape index (κ1) is 6.02. The molecule has 1 heteroatoms. The molecule has 1 aromatic rings. The molecule has 0 saturated heterocycles. The third-order valence-electron chi connectivity index (χ3n) is 1.19. The molecule has 45 valence electrons. The molecule has 0 unspecified atom stereocenters. The highest BCUT2D eigenvalue weighted by Gasteiger charge is 1.89. The van der Waals surface area contributed by atoms with E-state index in [0.29, 0.717) is 5.71 Å². The van der Waals surface area contributed by atoms with E-state index in [2.05, 4.69) is 0 Å². The first-order valence-electron chi connectivity index (χ1n) is 2.88. The van der Waals surface area contributed by atoms with Gasteiger partial charge in [-0.25, -0.2) is 0 Å². The molecule has 1 nitrogen and oxygen atoms in total. The van der Waals surface area contributed by atoms with Gasteiger partial charge >= 0.3 is 0 Å². The zero-order chi connectivity index (χ0) is 6.69. The van der Waals surface area contributed by atoms with Crippen LogP contribution in [0.2, 0.25) is 0 Å². The highest BCUT2D eigenvalue weighted by Crippen LogP contribution is 1.96. The minimum absolute atomic E-state index is 0.371. The highest BCUT2D eigenvalue weighted by atomic mass is 14.4. The van der Waals surface area contributed by atoms with Gasteiger partial charge in [-0.15, -0.1) is 0 Å². The van der Waals surface area contributed by atoms with E-state index < -0.39 is 0 Å². The Balaban J connectivity index is 2.98. The summed E-state index contributed by atoms with van der Waals surface area (Å²) in [5.74, 6) is 0. The number of rotatable bonds is 1. The van der Waals surface area contributed by atoms with Crippen molar-refractivity contribution in [2.45, 2.75) is 6.92 Å². The molecule has 0 saturated carbocycles. The van der Waals surface area contributed by atoms with E-state index in [1.165, 1.54) is 0 Å². The number of nitrogens with zero attached hydrogens (tertiary/aromatic N) is 1. The van der Waals surface area contributed by atoms with Gasteiger partial charge in [0.25, 0.3) is 0 Å². The lowest BCUT2D eigenvalue weighted by Crippen LogP contribution is -1.92. The quantitative estimate of drug-likeness (QED) is 0.496. The molecular weight excluding hydrogens is 110 g/mol. The summed E-state index contributed by atoms with van der Waals surface area (Å²) in [7, 11) is 0. The molecular formula is C8H8N. The van der Waals surface area contributed by atoms with Crippen molar-refractivity contribution in [1.82, 2.24) is 5.41 Å². The Labute approximate surface area is 54.8 Å². The van der Waals surface area contributed by atoms with Gasteiger partial charge < -0.3 is 0 Å². The maximum atomic E-state index is 8.94. The van der Waals surface area contributed by atoms with Crippen LogP contribution >= 0.6 is 0 Å². The maximum absolute atomic E-state index is 8.94. The van der Waals surface area contributed by atoms with Crippen molar-refractivity contribution in [3.63, 3.8) is 0 Å². The summed E-state index contributed by atoms with van der Waals surface area (Å²) >= 11 is 0. The summed E-state index contributed by atoms with van der Waals surface area (Å²) in [5, 5.41) is 8.94. The van der Waals surface area contributed by atoms with E-state index in [1.54, 1.807) is 6.92 Å². The second-order valence-corrected chi connectivity index (χ2v) is 1.95. The zero-order valence-corrected chi connectivity index (χ0v) is 5.33. The molecule has 0 amide bonds. The minimum atomic E-state index is 0.371. The lowest BCUT2D eigenvalue weighted by atomic mass is 10.1. The fourth-order valence-electron chi connectivity index (χ4n) is 0.679. The molecule has 0 heterocycles. The van der Waals surface area contributed by atoms with E-state index in [-0.39, 0.29) is 0 Å². The largest absolute Gasteiger partial charge is 0.155 e. The average molecular weight is 118 g/mol. The molecule has 0 atom stereocenters. The maximum Gasteiger partial charge on any atom is 0.0671 e. The van der Waals surface area contributed by atoms with Crippen molar-refractivity contribution in [2.24, 2.45) is 0 Å². The van der Waals surface area contributed by atoms with Gasteiger partial charge in [0.05, 0.1) is 5.71 Å². The standard InChI is InChI=1S/C8H8N/c1-7(9)8-5-3-2-4-6-8/h2-6H,1H3. The molecule has 9 heavy (non-hydrogen) atoms. The monoisotopic (exact) mass is 118 g/mol. The Kier molecular flexibility index (Phi) is 1.63.